The van der Waals surface area contributed by atoms with Crippen molar-refractivity contribution in [3.63, 3.8) is 0 Å². The monoisotopic (exact) mass is 193 g/mol. The molecule has 74 valence electrons. The summed E-state index contributed by atoms with van der Waals surface area (Å²) in [5.41, 5.74) is 6.56. The molecule has 0 spiro atoms. The van der Waals surface area contributed by atoms with Crippen LogP contribution in [0.1, 0.15) is 27.6 Å². The summed E-state index contributed by atoms with van der Waals surface area (Å²) in [6.07, 6.45) is 0.672. The second kappa shape index (κ2) is 4.41. The van der Waals surface area contributed by atoms with Gasteiger partial charge in [-0.1, -0.05) is 6.07 Å². The SMILES string of the molecule is CCOC(=O)c1ccc(C=O)cc1N. The highest BCUT2D eigenvalue weighted by Gasteiger charge is 2.10. The zero-order valence-electron chi connectivity index (χ0n) is 7.82. The van der Waals surface area contributed by atoms with Crippen LogP contribution in [0.25, 0.3) is 0 Å². The summed E-state index contributed by atoms with van der Waals surface area (Å²) in [4.78, 5) is 21.7. The number of hydrogen-bond donors (Lipinski definition) is 1. The van der Waals surface area contributed by atoms with Gasteiger partial charge in [0.15, 0.2) is 0 Å². The van der Waals surface area contributed by atoms with E-state index in [-0.39, 0.29) is 11.3 Å². The minimum absolute atomic E-state index is 0.257. The molecule has 0 saturated carbocycles. The van der Waals surface area contributed by atoms with Gasteiger partial charge in [-0.25, -0.2) is 4.79 Å². The summed E-state index contributed by atoms with van der Waals surface area (Å²) in [6.45, 7) is 2.02. The number of ether oxygens (including phenoxy) is 1. The van der Waals surface area contributed by atoms with Crippen LogP contribution >= 0.6 is 0 Å². The van der Waals surface area contributed by atoms with E-state index < -0.39 is 5.97 Å². The smallest absolute Gasteiger partial charge is 0.340 e. The molecule has 0 aliphatic carbocycles. The van der Waals surface area contributed by atoms with E-state index in [0.29, 0.717) is 18.5 Å². The van der Waals surface area contributed by atoms with Gasteiger partial charge in [0.1, 0.15) is 6.29 Å². The first-order valence-electron chi connectivity index (χ1n) is 4.21. The number of aldehydes is 1. The number of rotatable bonds is 3. The van der Waals surface area contributed by atoms with Crippen LogP contribution in [0.3, 0.4) is 0 Å². The molecule has 2 N–H and O–H groups in total. The highest BCUT2D eigenvalue weighted by molar-refractivity contribution is 5.96. The Kier molecular flexibility index (Phi) is 3.23. The zero-order valence-corrected chi connectivity index (χ0v) is 7.82. The van der Waals surface area contributed by atoms with Gasteiger partial charge in [0.2, 0.25) is 0 Å². The number of carbonyl (C=O) groups excluding carboxylic acids is 2. The van der Waals surface area contributed by atoms with Crippen LogP contribution in [0.4, 0.5) is 5.69 Å². The Hall–Kier alpha value is -1.84. The van der Waals surface area contributed by atoms with Crippen molar-refractivity contribution in [2.75, 3.05) is 12.3 Å². The molecule has 0 fully saturated rings. The molecule has 0 aliphatic rings. The molecule has 14 heavy (non-hydrogen) atoms. The molecule has 0 amide bonds. The van der Waals surface area contributed by atoms with Crippen LogP contribution in [-0.4, -0.2) is 18.9 Å². The normalized spacial score (nSPS) is 9.50. The number of nitrogens with two attached hydrogens (primary N) is 1. The van der Waals surface area contributed by atoms with Crippen molar-refractivity contribution in [3.8, 4) is 0 Å². The molecule has 0 heterocycles. The summed E-state index contributed by atoms with van der Waals surface area (Å²) in [5, 5.41) is 0. The van der Waals surface area contributed by atoms with Gasteiger partial charge >= 0.3 is 5.97 Å². The maximum atomic E-state index is 11.3. The fourth-order valence-corrected chi connectivity index (χ4v) is 1.05. The molecule has 1 aromatic rings. The molecule has 0 atom stereocenters. The molecule has 0 saturated heterocycles. The molecule has 4 nitrogen and oxygen atoms in total. The van der Waals surface area contributed by atoms with E-state index in [1.165, 1.54) is 18.2 Å². The lowest BCUT2D eigenvalue weighted by Gasteiger charge is -2.04. The molecular formula is C10H11NO3. The number of anilines is 1. The van der Waals surface area contributed by atoms with Gasteiger partial charge in [0.05, 0.1) is 12.2 Å². The largest absolute Gasteiger partial charge is 0.462 e. The van der Waals surface area contributed by atoms with Crippen molar-refractivity contribution in [2.45, 2.75) is 6.92 Å². The van der Waals surface area contributed by atoms with E-state index in [1.54, 1.807) is 6.92 Å². The average molecular weight is 193 g/mol. The van der Waals surface area contributed by atoms with Crippen LogP contribution in [0.15, 0.2) is 18.2 Å². The molecular weight excluding hydrogens is 182 g/mol. The van der Waals surface area contributed by atoms with E-state index in [1.807, 2.05) is 0 Å². The first-order valence-corrected chi connectivity index (χ1v) is 4.21. The summed E-state index contributed by atoms with van der Waals surface area (Å²) in [6, 6.07) is 4.45. The van der Waals surface area contributed by atoms with E-state index in [9.17, 15) is 9.59 Å². The number of hydrogen-bond acceptors (Lipinski definition) is 4. The van der Waals surface area contributed by atoms with Gasteiger partial charge in [-0.3, -0.25) is 4.79 Å². The van der Waals surface area contributed by atoms with Crippen LogP contribution in [0.2, 0.25) is 0 Å². The quantitative estimate of drug-likeness (QED) is 0.445. The third-order valence-electron chi connectivity index (χ3n) is 1.71. The molecule has 1 aromatic carbocycles. The minimum Gasteiger partial charge on any atom is -0.462 e. The van der Waals surface area contributed by atoms with E-state index >= 15 is 0 Å². The third-order valence-corrected chi connectivity index (χ3v) is 1.71. The lowest BCUT2D eigenvalue weighted by Crippen LogP contribution is -2.08. The number of nitrogen functional groups attached to an aromatic ring is 1. The molecule has 0 aliphatic heterocycles. The third kappa shape index (κ3) is 2.10. The highest BCUT2D eigenvalue weighted by Crippen LogP contribution is 2.14. The summed E-state index contributed by atoms with van der Waals surface area (Å²) < 4.78 is 4.77. The predicted octanol–water partition coefficient (Wildman–Crippen LogP) is 1.26. The Bertz CT molecular complexity index is 360. The number of esters is 1. The Morgan fingerprint density at radius 1 is 1.57 bits per heavy atom. The van der Waals surface area contributed by atoms with Gasteiger partial charge < -0.3 is 10.5 Å². The Balaban J connectivity index is 2.99. The maximum Gasteiger partial charge on any atom is 0.340 e. The molecule has 1 rings (SSSR count). The number of carbonyl (C=O) groups is 2. The minimum atomic E-state index is -0.470. The van der Waals surface area contributed by atoms with Gasteiger partial charge in [-0.2, -0.15) is 0 Å². The van der Waals surface area contributed by atoms with E-state index in [0.717, 1.165) is 0 Å². The Labute approximate surface area is 81.7 Å². The fraction of sp³-hybridized carbons (Fsp3) is 0.200. The lowest BCUT2D eigenvalue weighted by atomic mass is 10.1. The van der Waals surface area contributed by atoms with Crippen molar-refractivity contribution in [1.29, 1.82) is 0 Å². The van der Waals surface area contributed by atoms with Crippen LogP contribution in [-0.2, 0) is 4.74 Å². The molecule has 0 radical (unpaired) electrons. The molecule has 4 heteroatoms. The molecule has 0 aromatic heterocycles. The first-order chi connectivity index (χ1) is 6.69. The van der Waals surface area contributed by atoms with Gasteiger partial charge in [-0.15, -0.1) is 0 Å². The lowest BCUT2D eigenvalue weighted by molar-refractivity contribution is 0.0527. The van der Waals surface area contributed by atoms with Gasteiger partial charge in [-0.05, 0) is 19.1 Å². The summed E-state index contributed by atoms with van der Waals surface area (Å²) in [7, 11) is 0. The standard InChI is InChI=1S/C10H11NO3/c1-2-14-10(13)8-4-3-7(6-12)5-9(8)11/h3-6H,2,11H2,1H3. The summed E-state index contributed by atoms with van der Waals surface area (Å²) in [5.74, 6) is -0.470. The van der Waals surface area contributed by atoms with Crippen molar-refractivity contribution in [3.05, 3.63) is 29.3 Å². The van der Waals surface area contributed by atoms with Crippen molar-refractivity contribution in [1.82, 2.24) is 0 Å². The van der Waals surface area contributed by atoms with E-state index in [2.05, 4.69) is 0 Å². The van der Waals surface area contributed by atoms with Crippen LogP contribution in [0, 0.1) is 0 Å². The number of benzene rings is 1. The van der Waals surface area contributed by atoms with E-state index in [4.69, 9.17) is 10.5 Å². The average Bonchev–Trinajstić information content (AvgIpc) is 2.17. The second-order valence-electron chi connectivity index (χ2n) is 2.69. The van der Waals surface area contributed by atoms with Crippen molar-refractivity contribution < 1.29 is 14.3 Å². The fourth-order valence-electron chi connectivity index (χ4n) is 1.05. The van der Waals surface area contributed by atoms with Crippen molar-refractivity contribution in [2.24, 2.45) is 0 Å². The summed E-state index contributed by atoms with van der Waals surface area (Å²) >= 11 is 0. The molecule has 0 bridgehead atoms. The van der Waals surface area contributed by atoms with Crippen molar-refractivity contribution >= 4 is 17.9 Å². The zero-order chi connectivity index (χ0) is 10.6. The topological polar surface area (TPSA) is 69.4 Å². The first kappa shape index (κ1) is 10.2. The molecule has 0 unspecified atom stereocenters. The predicted molar refractivity (Wildman–Crippen MR) is 52.2 cm³/mol. The maximum absolute atomic E-state index is 11.3. The Morgan fingerprint density at radius 3 is 2.79 bits per heavy atom. The highest BCUT2D eigenvalue weighted by atomic mass is 16.5. The van der Waals surface area contributed by atoms with Gasteiger partial charge in [0.25, 0.3) is 0 Å². The Morgan fingerprint density at radius 2 is 2.29 bits per heavy atom. The second-order valence-corrected chi connectivity index (χ2v) is 2.69. The van der Waals surface area contributed by atoms with Gasteiger partial charge in [0, 0.05) is 11.3 Å². The van der Waals surface area contributed by atoms with Crippen LogP contribution < -0.4 is 5.73 Å². The van der Waals surface area contributed by atoms with Crippen LogP contribution in [0.5, 0.6) is 0 Å².